The highest BCUT2D eigenvalue weighted by Crippen LogP contribution is 2.31. The maximum Gasteiger partial charge on any atom is 0.258 e. The topological polar surface area (TPSA) is 84.1 Å². The van der Waals surface area contributed by atoms with Crippen molar-refractivity contribution in [2.45, 2.75) is 25.4 Å². The predicted octanol–water partition coefficient (Wildman–Crippen LogP) is 1.65. The van der Waals surface area contributed by atoms with Crippen LogP contribution in [0.2, 0.25) is 0 Å². The number of nitrogens with one attached hydrogen (secondary N) is 1. The van der Waals surface area contributed by atoms with Crippen molar-refractivity contribution < 1.29 is 4.79 Å². The molecule has 0 spiro atoms. The summed E-state index contributed by atoms with van der Waals surface area (Å²) >= 11 is 1.25. The van der Waals surface area contributed by atoms with Gasteiger partial charge in [0.1, 0.15) is 10.6 Å². The number of nitrogens with two attached hydrogens (primary N) is 1. The van der Waals surface area contributed by atoms with Crippen LogP contribution in [0.25, 0.3) is 0 Å². The lowest BCUT2D eigenvalue weighted by Gasteiger charge is -2.18. The average Bonchev–Trinajstić information content (AvgIpc) is 3.19. The first kappa shape index (κ1) is 13.8. The van der Waals surface area contributed by atoms with Crippen LogP contribution >= 0.6 is 11.5 Å². The molecule has 3 rings (SSSR count). The van der Waals surface area contributed by atoms with E-state index in [4.69, 9.17) is 5.73 Å². The Morgan fingerprint density at radius 1 is 1.48 bits per heavy atom. The van der Waals surface area contributed by atoms with Crippen LogP contribution in [-0.4, -0.2) is 28.4 Å². The van der Waals surface area contributed by atoms with Crippen LogP contribution in [0.4, 0.5) is 10.8 Å². The molecule has 0 aromatic carbocycles. The number of carbonyl (C=O) groups excluding carboxylic acids is 1. The fourth-order valence-corrected chi connectivity index (χ4v) is 2.85. The van der Waals surface area contributed by atoms with Gasteiger partial charge in [-0.15, -0.1) is 0 Å². The summed E-state index contributed by atoms with van der Waals surface area (Å²) in [5, 5.41) is 3.76. The molecule has 0 aliphatic heterocycles. The minimum Gasteiger partial charge on any atom is -0.382 e. The highest BCUT2D eigenvalue weighted by atomic mass is 32.1. The normalized spacial score (nSPS) is 14.0. The Kier molecular flexibility index (Phi) is 3.74. The summed E-state index contributed by atoms with van der Waals surface area (Å²) in [5.74, 6) is 0.176. The van der Waals surface area contributed by atoms with Gasteiger partial charge < -0.3 is 16.0 Å². The third-order valence-corrected chi connectivity index (χ3v) is 4.33. The smallest absolute Gasteiger partial charge is 0.258 e. The minimum absolute atomic E-state index is 0.125. The molecule has 0 radical (unpaired) electrons. The van der Waals surface area contributed by atoms with Gasteiger partial charge in [-0.25, -0.2) is 0 Å². The molecular weight excluding hydrogens is 286 g/mol. The van der Waals surface area contributed by atoms with Gasteiger partial charge >= 0.3 is 0 Å². The number of aromatic nitrogens is 2. The molecule has 110 valence electrons. The first-order valence-electron chi connectivity index (χ1n) is 6.81. The zero-order valence-corrected chi connectivity index (χ0v) is 12.6. The van der Waals surface area contributed by atoms with Gasteiger partial charge in [0, 0.05) is 32.0 Å². The highest BCUT2D eigenvalue weighted by molar-refractivity contribution is 7.11. The minimum atomic E-state index is -0.125. The molecule has 21 heavy (non-hydrogen) atoms. The van der Waals surface area contributed by atoms with Crippen molar-refractivity contribution in [3.63, 3.8) is 0 Å². The van der Waals surface area contributed by atoms with E-state index in [-0.39, 0.29) is 5.91 Å². The van der Waals surface area contributed by atoms with Crippen molar-refractivity contribution >= 4 is 28.3 Å². The zero-order chi connectivity index (χ0) is 14.8. The second kappa shape index (κ2) is 5.69. The molecule has 2 heterocycles. The fraction of sp³-hybridized carbons (Fsp3) is 0.357. The van der Waals surface area contributed by atoms with E-state index in [2.05, 4.69) is 14.7 Å². The third kappa shape index (κ3) is 3.13. The molecule has 1 saturated carbocycles. The molecular formula is C14H17N5OS. The third-order valence-electron chi connectivity index (χ3n) is 3.36. The number of carbonyl (C=O) groups is 1. The Morgan fingerprint density at radius 2 is 2.19 bits per heavy atom. The number of nitrogen functional groups attached to an aromatic ring is 1. The van der Waals surface area contributed by atoms with Gasteiger partial charge in [-0.2, -0.15) is 4.37 Å². The summed E-state index contributed by atoms with van der Waals surface area (Å²) in [5.41, 5.74) is 7.48. The Morgan fingerprint density at radius 3 is 2.86 bits per heavy atom. The molecule has 1 aliphatic rings. The number of hydrogen-bond acceptors (Lipinski definition) is 6. The van der Waals surface area contributed by atoms with Crippen LogP contribution in [0, 0.1) is 0 Å². The van der Waals surface area contributed by atoms with Gasteiger partial charge in [-0.3, -0.25) is 9.78 Å². The molecule has 2 aromatic heterocycles. The maximum atomic E-state index is 12.3. The van der Waals surface area contributed by atoms with Gasteiger partial charge in [-0.1, -0.05) is 0 Å². The van der Waals surface area contributed by atoms with Crippen molar-refractivity contribution in [1.82, 2.24) is 14.7 Å². The molecule has 0 bridgehead atoms. The van der Waals surface area contributed by atoms with Gasteiger partial charge in [0.2, 0.25) is 0 Å². The Hall–Kier alpha value is -2.15. The Bertz CT molecular complexity index is 638. The van der Waals surface area contributed by atoms with Gasteiger partial charge in [0.15, 0.2) is 5.82 Å². The number of anilines is 2. The van der Waals surface area contributed by atoms with Crippen LogP contribution in [0.15, 0.2) is 24.5 Å². The lowest BCUT2D eigenvalue weighted by molar-refractivity contribution is 0.0952. The molecule has 3 N–H and O–H groups in total. The predicted molar refractivity (Wildman–Crippen MR) is 83.4 cm³/mol. The van der Waals surface area contributed by atoms with E-state index in [9.17, 15) is 4.79 Å². The van der Waals surface area contributed by atoms with Gasteiger partial charge in [0.05, 0.1) is 0 Å². The van der Waals surface area contributed by atoms with Gasteiger partial charge in [0.25, 0.3) is 5.91 Å². The standard InChI is InChI=1S/C14H17N5OS/c1-19(8-9-4-6-16-7-5-9)14-11(12(15)18-21-14)13(20)17-10-2-3-10/h4-7,10H,2-3,8H2,1H3,(H2,15,18)(H,17,20). The average molecular weight is 303 g/mol. The van der Waals surface area contributed by atoms with Crippen LogP contribution < -0.4 is 16.0 Å². The second-order valence-electron chi connectivity index (χ2n) is 5.21. The van der Waals surface area contributed by atoms with E-state index < -0.39 is 0 Å². The van der Waals surface area contributed by atoms with Crippen molar-refractivity contribution in [3.05, 3.63) is 35.7 Å². The molecule has 2 aromatic rings. The SMILES string of the molecule is CN(Cc1ccncc1)c1snc(N)c1C(=O)NC1CC1. The fourth-order valence-electron chi connectivity index (χ4n) is 2.09. The molecule has 0 unspecified atom stereocenters. The number of hydrogen-bond donors (Lipinski definition) is 2. The van der Waals surface area contributed by atoms with E-state index in [0.29, 0.717) is 24.0 Å². The molecule has 6 nitrogen and oxygen atoms in total. The van der Waals surface area contributed by atoms with E-state index in [1.165, 1.54) is 11.5 Å². The Balaban J connectivity index is 1.79. The number of rotatable bonds is 5. The summed E-state index contributed by atoms with van der Waals surface area (Å²) in [7, 11) is 1.93. The van der Waals surface area contributed by atoms with Crippen LogP contribution in [0.3, 0.4) is 0 Å². The quantitative estimate of drug-likeness (QED) is 0.877. The lowest BCUT2D eigenvalue weighted by Crippen LogP contribution is -2.28. The molecule has 0 atom stereocenters. The van der Waals surface area contributed by atoms with Crippen molar-refractivity contribution in [2.75, 3.05) is 17.7 Å². The summed E-state index contributed by atoms with van der Waals surface area (Å²) in [6.45, 7) is 0.674. The summed E-state index contributed by atoms with van der Waals surface area (Å²) in [6, 6.07) is 4.20. The van der Waals surface area contributed by atoms with Crippen LogP contribution in [0.1, 0.15) is 28.8 Å². The Labute approximate surface area is 127 Å². The lowest BCUT2D eigenvalue weighted by atomic mass is 10.2. The van der Waals surface area contributed by atoms with E-state index >= 15 is 0 Å². The number of nitrogens with zero attached hydrogens (tertiary/aromatic N) is 3. The van der Waals surface area contributed by atoms with Crippen molar-refractivity contribution in [2.24, 2.45) is 0 Å². The second-order valence-corrected chi connectivity index (χ2v) is 5.96. The summed E-state index contributed by atoms with van der Waals surface area (Å²) in [6.07, 6.45) is 5.60. The molecule has 0 saturated heterocycles. The maximum absolute atomic E-state index is 12.3. The largest absolute Gasteiger partial charge is 0.382 e. The zero-order valence-electron chi connectivity index (χ0n) is 11.7. The first-order chi connectivity index (χ1) is 10.1. The molecule has 7 heteroatoms. The number of amides is 1. The van der Waals surface area contributed by atoms with E-state index in [1.54, 1.807) is 12.4 Å². The molecule has 1 fully saturated rings. The monoisotopic (exact) mass is 303 g/mol. The summed E-state index contributed by atoms with van der Waals surface area (Å²) in [4.78, 5) is 18.3. The van der Waals surface area contributed by atoms with E-state index in [1.807, 2.05) is 24.1 Å². The number of pyridine rings is 1. The summed E-state index contributed by atoms with van der Waals surface area (Å²) < 4.78 is 4.13. The van der Waals surface area contributed by atoms with Gasteiger partial charge in [-0.05, 0) is 42.1 Å². The van der Waals surface area contributed by atoms with E-state index in [0.717, 1.165) is 23.4 Å². The van der Waals surface area contributed by atoms with Crippen molar-refractivity contribution in [1.29, 1.82) is 0 Å². The van der Waals surface area contributed by atoms with Crippen molar-refractivity contribution in [3.8, 4) is 0 Å². The molecule has 1 amide bonds. The highest BCUT2D eigenvalue weighted by Gasteiger charge is 2.28. The van der Waals surface area contributed by atoms with Crippen LogP contribution in [0.5, 0.6) is 0 Å². The van der Waals surface area contributed by atoms with Crippen LogP contribution in [-0.2, 0) is 6.54 Å². The molecule has 1 aliphatic carbocycles. The first-order valence-corrected chi connectivity index (χ1v) is 7.58.